The number of carbonyl (C=O) groups is 2. The summed E-state index contributed by atoms with van der Waals surface area (Å²) in [6, 6.07) is 0. The van der Waals surface area contributed by atoms with Gasteiger partial charge in [-0.2, -0.15) is 0 Å². The van der Waals surface area contributed by atoms with Gasteiger partial charge in [0.15, 0.2) is 0 Å². The molecule has 0 aliphatic heterocycles. The second kappa shape index (κ2) is 15.9. The standard InChI is InChI=1S/C21H38O5/c1-4-5-6-14-17-21(24,26-19(2)22)18-15-12-10-8-7-9-11-13-16-20(23)25-3/h12,15,24H,4-11,13-14,16-18H2,1-3H3/t21-/m0/s1. The highest BCUT2D eigenvalue weighted by molar-refractivity contribution is 5.69. The van der Waals surface area contributed by atoms with E-state index in [2.05, 4.69) is 17.7 Å². The molecule has 1 atom stereocenters. The van der Waals surface area contributed by atoms with E-state index in [9.17, 15) is 14.7 Å². The van der Waals surface area contributed by atoms with Crippen LogP contribution in [0.5, 0.6) is 0 Å². The largest absolute Gasteiger partial charge is 0.469 e. The van der Waals surface area contributed by atoms with Gasteiger partial charge in [0.1, 0.15) is 0 Å². The lowest BCUT2D eigenvalue weighted by molar-refractivity contribution is -0.208. The Bertz CT molecular complexity index is 405. The van der Waals surface area contributed by atoms with Crippen molar-refractivity contribution in [3.05, 3.63) is 12.2 Å². The lowest BCUT2D eigenvalue weighted by Crippen LogP contribution is -2.33. The molecule has 0 amide bonds. The fraction of sp³-hybridized carbons (Fsp3) is 0.810. The lowest BCUT2D eigenvalue weighted by Gasteiger charge is -2.26. The van der Waals surface area contributed by atoms with Crippen molar-refractivity contribution in [2.45, 2.75) is 103 Å². The Balaban J connectivity index is 3.90. The van der Waals surface area contributed by atoms with Gasteiger partial charge in [-0.05, 0) is 25.7 Å². The summed E-state index contributed by atoms with van der Waals surface area (Å²) in [6.07, 6.45) is 15.7. The molecule has 0 aromatic rings. The van der Waals surface area contributed by atoms with Gasteiger partial charge in [-0.15, -0.1) is 0 Å². The third-order valence-electron chi connectivity index (χ3n) is 4.34. The third kappa shape index (κ3) is 14.9. The molecule has 0 spiro atoms. The topological polar surface area (TPSA) is 72.8 Å². The van der Waals surface area contributed by atoms with E-state index in [-0.39, 0.29) is 5.97 Å². The van der Waals surface area contributed by atoms with Crippen LogP contribution in [0.2, 0.25) is 0 Å². The molecule has 152 valence electrons. The number of allylic oxidation sites excluding steroid dienone is 1. The van der Waals surface area contributed by atoms with Crippen LogP contribution in [0.1, 0.15) is 97.3 Å². The lowest BCUT2D eigenvalue weighted by atomic mass is 10.0. The maximum absolute atomic E-state index is 11.2. The molecule has 0 bridgehead atoms. The van der Waals surface area contributed by atoms with E-state index in [4.69, 9.17) is 4.74 Å². The van der Waals surface area contributed by atoms with Crippen LogP contribution in [-0.2, 0) is 19.1 Å². The minimum Gasteiger partial charge on any atom is -0.469 e. The molecule has 0 saturated carbocycles. The van der Waals surface area contributed by atoms with Crippen molar-refractivity contribution < 1.29 is 24.2 Å². The molecule has 5 nitrogen and oxygen atoms in total. The van der Waals surface area contributed by atoms with Crippen LogP contribution in [0.3, 0.4) is 0 Å². The Morgan fingerprint density at radius 1 is 0.962 bits per heavy atom. The molecule has 0 heterocycles. The van der Waals surface area contributed by atoms with Crippen molar-refractivity contribution in [3.8, 4) is 0 Å². The van der Waals surface area contributed by atoms with Crippen LogP contribution >= 0.6 is 0 Å². The number of esters is 2. The van der Waals surface area contributed by atoms with Gasteiger partial charge < -0.3 is 14.6 Å². The van der Waals surface area contributed by atoms with E-state index in [1.165, 1.54) is 14.0 Å². The fourth-order valence-electron chi connectivity index (χ4n) is 2.84. The van der Waals surface area contributed by atoms with Crippen LogP contribution < -0.4 is 0 Å². The first kappa shape index (κ1) is 24.6. The Morgan fingerprint density at radius 2 is 1.62 bits per heavy atom. The second-order valence-corrected chi connectivity index (χ2v) is 6.91. The van der Waals surface area contributed by atoms with Gasteiger partial charge >= 0.3 is 11.9 Å². The predicted molar refractivity (Wildman–Crippen MR) is 104 cm³/mol. The number of methoxy groups -OCH3 is 1. The van der Waals surface area contributed by atoms with E-state index < -0.39 is 11.8 Å². The quantitative estimate of drug-likeness (QED) is 0.178. The highest BCUT2D eigenvalue weighted by Gasteiger charge is 2.28. The minimum absolute atomic E-state index is 0.136. The van der Waals surface area contributed by atoms with E-state index in [0.717, 1.165) is 64.2 Å². The molecule has 0 aliphatic carbocycles. The molecule has 26 heavy (non-hydrogen) atoms. The highest BCUT2D eigenvalue weighted by atomic mass is 16.7. The predicted octanol–water partition coefficient (Wildman–Crippen LogP) is 5.06. The van der Waals surface area contributed by atoms with Gasteiger partial charge in [-0.25, -0.2) is 0 Å². The van der Waals surface area contributed by atoms with Crippen molar-refractivity contribution in [1.82, 2.24) is 0 Å². The summed E-state index contributed by atoms with van der Waals surface area (Å²) in [5, 5.41) is 10.5. The molecule has 5 heteroatoms. The average Bonchev–Trinajstić information content (AvgIpc) is 2.59. The Kier molecular flexibility index (Phi) is 15.0. The summed E-state index contributed by atoms with van der Waals surface area (Å²) in [7, 11) is 1.42. The van der Waals surface area contributed by atoms with Gasteiger partial charge in [0.25, 0.3) is 0 Å². The summed E-state index contributed by atoms with van der Waals surface area (Å²) >= 11 is 0. The molecule has 0 aliphatic rings. The molecule has 1 N–H and O–H groups in total. The monoisotopic (exact) mass is 370 g/mol. The van der Waals surface area contributed by atoms with Crippen LogP contribution in [-0.4, -0.2) is 29.9 Å². The number of hydrogen-bond acceptors (Lipinski definition) is 5. The number of hydrogen-bond donors (Lipinski definition) is 1. The van der Waals surface area contributed by atoms with E-state index >= 15 is 0 Å². The molecule has 0 rings (SSSR count). The maximum atomic E-state index is 11.2. The molecule has 0 saturated heterocycles. The van der Waals surface area contributed by atoms with E-state index in [1.54, 1.807) is 0 Å². The van der Waals surface area contributed by atoms with Gasteiger partial charge in [-0.1, -0.05) is 57.6 Å². The Morgan fingerprint density at radius 3 is 2.27 bits per heavy atom. The number of ether oxygens (including phenoxy) is 2. The van der Waals surface area contributed by atoms with Crippen LogP contribution in [0.15, 0.2) is 12.2 Å². The summed E-state index contributed by atoms with van der Waals surface area (Å²) in [6.45, 7) is 3.47. The van der Waals surface area contributed by atoms with Crippen molar-refractivity contribution in [2.75, 3.05) is 7.11 Å². The van der Waals surface area contributed by atoms with Crippen LogP contribution in [0, 0.1) is 0 Å². The molecule has 0 aromatic carbocycles. The first-order valence-electron chi connectivity index (χ1n) is 10.1. The highest BCUT2D eigenvalue weighted by Crippen LogP contribution is 2.22. The number of unbranched alkanes of at least 4 members (excludes halogenated alkanes) is 8. The molecule has 0 radical (unpaired) electrons. The van der Waals surface area contributed by atoms with Gasteiger partial charge in [0.05, 0.1) is 7.11 Å². The number of aliphatic hydroxyl groups is 1. The first-order valence-corrected chi connectivity index (χ1v) is 10.1. The second-order valence-electron chi connectivity index (χ2n) is 6.91. The van der Waals surface area contributed by atoms with Gasteiger partial charge in [0, 0.05) is 26.2 Å². The summed E-state index contributed by atoms with van der Waals surface area (Å²) in [5.74, 6) is -1.95. The Hall–Kier alpha value is -1.36. The average molecular weight is 371 g/mol. The molecule has 0 fully saturated rings. The molecule has 0 aromatic heterocycles. The summed E-state index contributed by atoms with van der Waals surface area (Å²) in [5.41, 5.74) is 0. The van der Waals surface area contributed by atoms with Crippen molar-refractivity contribution >= 4 is 11.9 Å². The van der Waals surface area contributed by atoms with Crippen molar-refractivity contribution in [3.63, 3.8) is 0 Å². The smallest absolute Gasteiger partial charge is 0.305 e. The minimum atomic E-state index is -1.37. The number of carbonyl (C=O) groups excluding carboxylic acids is 2. The SMILES string of the molecule is CCCCCC[C@@](O)(CC=CCCCCCCCC(=O)OC)OC(C)=O. The summed E-state index contributed by atoms with van der Waals surface area (Å²) in [4.78, 5) is 22.2. The van der Waals surface area contributed by atoms with E-state index in [1.807, 2.05) is 6.08 Å². The van der Waals surface area contributed by atoms with Crippen LogP contribution in [0.4, 0.5) is 0 Å². The van der Waals surface area contributed by atoms with Crippen LogP contribution in [0.25, 0.3) is 0 Å². The van der Waals surface area contributed by atoms with E-state index in [0.29, 0.717) is 19.3 Å². The fourth-order valence-corrected chi connectivity index (χ4v) is 2.84. The van der Waals surface area contributed by atoms with Crippen molar-refractivity contribution in [1.29, 1.82) is 0 Å². The summed E-state index contributed by atoms with van der Waals surface area (Å²) < 4.78 is 9.76. The normalized spacial score (nSPS) is 13.5. The zero-order valence-electron chi connectivity index (χ0n) is 16.9. The molecular formula is C21H38O5. The first-order chi connectivity index (χ1) is 12.4. The number of rotatable bonds is 16. The zero-order chi connectivity index (χ0) is 19.7. The maximum Gasteiger partial charge on any atom is 0.305 e. The zero-order valence-corrected chi connectivity index (χ0v) is 16.9. The van der Waals surface area contributed by atoms with Gasteiger partial charge in [-0.3, -0.25) is 9.59 Å². The molecular weight excluding hydrogens is 332 g/mol. The third-order valence-corrected chi connectivity index (χ3v) is 4.34. The van der Waals surface area contributed by atoms with Gasteiger partial charge in [0.2, 0.25) is 5.79 Å². The Labute approximate surface area is 159 Å². The molecule has 0 unspecified atom stereocenters. The van der Waals surface area contributed by atoms with Crippen molar-refractivity contribution in [2.24, 2.45) is 0 Å².